The number of aromatic amines is 1. The lowest BCUT2D eigenvalue weighted by atomic mass is 10.0. The molecule has 0 aliphatic heterocycles. The van der Waals surface area contributed by atoms with Crippen LogP contribution in [-0.2, 0) is 0 Å². The first-order valence-electron chi connectivity index (χ1n) is 8.14. The number of carbonyl (C=O) groups is 1. The predicted molar refractivity (Wildman–Crippen MR) is 97.7 cm³/mol. The molecule has 1 aliphatic carbocycles. The second-order valence-corrected chi connectivity index (χ2v) is 7.33. The Morgan fingerprint density at radius 2 is 2.12 bits per heavy atom. The summed E-state index contributed by atoms with van der Waals surface area (Å²) < 4.78 is 0. The van der Waals surface area contributed by atoms with E-state index in [1.165, 1.54) is 16.9 Å². The molecule has 2 N–H and O–H groups in total. The lowest BCUT2D eigenvalue weighted by molar-refractivity contribution is 0.103. The molecule has 1 amide bonds. The lowest BCUT2D eigenvalue weighted by Crippen LogP contribution is -2.11. The Hall–Kier alpha value is -2.40. The molecule has 4 rings (SSSR count). The third kappa shape index (κ3) is 2.76. The highest BCUT2D eigenvalue weighted by Gasteiger charge is 2.31. The number of H-pyrrole nitrogens is 1. The van der Waals surface area contributed by atoms with Crippen molar-refractivity contribution in [2.24, 2.45) is 0 Å². The molecule has 3 aromatic rings. The minimum Gasteiger partial charge on any atom is -0.318 e. The van der Waals surface area contributed by atoms with Gasteiger partial charge in [-0.1, -0.05) is 29.8 Å². The highest BCUT2D eigenvalue weighted by atomic mass is 32.1. The van der Waals surface area contributed by atoms with Crippen LogP contribution in [0.25, 0.3) is 11.3 Å². The maximum Gasteiger partial charge on any atom is 0.265 e. The van der Waals surface area contributed by atoms with Gasteiger partial charge in [-0.2, -0.15) is 5.10 Å². The van der Waals surface area contributed by atoms with Crippen LogP contribution < -0.4 is 5.32 Å². The van der Waals surface area contributed by atoms with Gasteiger partial charge in [-0.25, -0.2) is 0 Å². The molecule has 0 bridgehead atoms. The Balaban J connectivity index is 1.76. The number of carbonyl (C=O) groups excluding carboxylic acids is 1. The summed E-state index contributed by atoms with van der Waals surface area (Å²) in [4.78, 5) is 13.3. The van der Waals surface area contributed by atoms with Crippen LogP contribution >= 0.6 is 11.3 Å². The summed E-state index contributed by atoms with van der Waals surface area (Å²) in [5.41, 5.74) is 6.16. The van der Waals surface area contributed by atoms with Crippen LogP contribution in [-0.4, -0.2) is 16.1 Å². The summed E-state index contributed by atoms with van der Waals surface area (Å²) in [5, 5.41) is 12.7. The summed E-state index contributed by atoms with van der Waals surface area (Å²) in [5.74, 6) is 0.412. The Morgan fingerprint density at radius 3 is 2.79 bits per heavy atom. The van der Waals surface area contributed by atoms with E-state index in [1.54, 1.807) is 0 Å². The zero-order valence-electron chi connectivity index (χ0n) is 13.7. The van der Waals surface area contributed by atoms with Gasteiger partial charge in [0.15, 0.2) is 0 Å². The quantitative estimate of drug-likeness (QED) is 0.712. The van der Waals surface area contributed by atoms with Crippen molar-refractivity contribution >= 4 is 22.9 Å². The third-order valence-electron chi connectivity index (χ3n) is 4.40. The Morgan fingerprint density at radius 1 is 1.29 bits per heavy atom. The first kappa shape index (κ1) is 15.1. The van der Waals surface area contributed by atoms with Gasteiger partial charge >= 0.3 is 0 Å². The number of hydrogen-bond acceptors (Lipinski definition) is 3. The van der Waals surface area contributed by atoms with Crippen LogP contribution in [0.4, 0.5) is 5.69 Å². The van der Waals surface area contributed by atoms with E-state index >= 15 is 0 Å². The van der Waals surface area contributed by atoms with E-state index in [9.17, 15) is 4.79 Å². The van der Waals surface area contributed by atoms with Gasteiger partial charge in [-0.05, 0) is 43.7 Å². The van der Waals surface area contributed by atoms with Gasteiger partial charge in [0, 0.05) is 11.5 Å². The van der Waals surface area contributed by atoms with E-state index in [0.29, 0.717) is 10.8 Å². The first-order valence-corrected chi connectivity index (χ1v) is 9.02. The van der Waals surface area contributed by atoms with Gasteiger partial charge in [0.05, 0.1) is 16.3 Å². The van der Waals surface area contributed by atoms with E-state index in [4.69, 9.17) is 0 Å². The Labute approximate surface area is 144 Å². The maximum absolute atomic E-state index is 12.5. The third-order valence-corrected chi connectivity index (χ3v) is 5.27. The zero-order chi connectivity index (χ0) is 16.7. The molecule has 2 aromatic heterocycles. The van der Waals surface area contributed by atoms with Gasteiger partial charge in [0.2, 0.25) is 0 Å². The Kier molecular flexibility index (Phi) is 3.73. The van der Waals surface area contributed by atoms with Crippen LogP contribution in [0, 0.1) is 13.8 Å². The van der Waals surface area contributed by atoms with Gasteiger partial charge in [0.25, 0.3) is 5.91 Å². The largest absolute Gasteiger partial charge is 0.318 e. The summed E-state index contributed by atoms with van der Waals surface area (Å²) in [6.07, 6.45) is 2.30. The summed E-state index contributed by atoms with van der Waals surface area (Å²) in [7, 11) is 0. The molecule has 5 heteroatoms. The van der Waals surface area contributed by atoms with Crippen molar-refractivity contribution in [2.75, 3.05) is 5.32 Å². The molecule has 4 nitrogen and oxygen atoms in total. The number of thiophene rings is 1. The van der Waals surface area contributed by atoms with Gasteiger partial charge < -0.3 is 5.32 Å². The minimum absolute atomic E-state index is 0.0701. The second-order valence-electron chi connectivity index (χ2n) is 6.38. The first-order chi connectivity index (χ1) is 11.6. The van der Waals surface area contributed by atoms with Gasteiger partial charge in [-0.3, -0.25) is 9.89 Å². The number of nitrogens with one attached hydrogen (secondary N) is 2. The number of aryl methyl sites for hydroxylation is 2. The molecular weight excluding hydrogens is 318 g/mol. The van der Waals surface area contributed by atoms with Gasteiger partial charge in [-0.15, -0.1) is 11.3 Å². The number of benzene rings is 1. The van der Waals surface area contributed by atoms with Crippen molar-refractivity contribution in [3.8, 4) is 11.3 Å². The molecule has 122 valence electrons. The van der Waals surface area contributed by atoms with Crippen molar-refractivity contribution in [1.82, 2.24) is 10.2 Å². The maximum atomic E-state index is 12.5. The minimum atomic E-state index is -0.0701. The lowest BCUT2D eigenvalue weighted by Gasteiger charge is -2.10. The van der Waals surface area contributed by atoms with Crippen molar-refractivity contribution < 1.29 is 4.79 Å². The van der Waals surface area contributed by atoms with Crippen molar-refractivity contribution in [1.29, 1.82) is 0 Å². The van der Waals surface area contributed by atoms with E-state index in [-0.39, 0.29) is 5.91 Å². The van der Waals surface area contributed by atoms with Crippen LogP contribution in [0.2, 0.25) is 0 Å². The monoisotopic (exact) mass is 337 g/mol. The predicted octanol–water partition coefficient (Wildman–Crippen LogP) is 4.88. The molecule has 24 heavy (non-hydrogen) atoms. The molecule has 1 fully saturated rings. The average molecular weight is 337 g/mol. The molecule has 0 atom stereocenters. The zero-order valence-corrected chi connectivity index (χ0v) is 14.5. The normalized spacial score (nSPS) is 13.9. The number of aromatic nitrogens is 2. The number of nitrogens with zero attached hydrogens (tertiary/aromatic N) is 1. The van der Waals surface area contributed by atoms with Gasteiger partial charge in [0.1, 0.15) is 5.69 Å². The van der Waals surface area contributed by atoms with E-state index in [0.717, 1.165) is 41.0 Å². The highest BCUT2D eigenvalue weighted by molar-refractivity contribution is 7.12. The molecule has 1 aromatic carbocycles. The van der Waals surface area contributed by atoms with E-state index in [1.807, 2.05) is 17.5 Å². The molecular formula is C19H19N3OS. The Bertz CT molecular complexity index is 891. The van der Waals surface area contributed by atoms with Crippen molar-refractivity contribution in [3.63, 3.8) is 0 Å². The van der Waals surface area contributed by atoms with Crippen LogP contribution in [0.5, 0.6) is 0 Å². The topological polar surface area (TPSA) is 57.8 Å². The SMILES string of the molecule is Cc1ccc(-c2n[nH]c(C3CC3)c2NC(=O)c2cccs2)c(C)c1. The van der Waals surface area contributed by atoms with Crippen LogP contribution in [0.1, 0.15) is 45.3 Å². The number of amides is 1. The van der Waals surface area contributed by atoms with Crippen LogP contribution in [0.15, 0.2) is 35.7 Å². The molecule has 0 radical (unpaired) electrons. The van der Waals surface area contributed by atoms with E-state index in [2.05, 4.69) is 47.6 Å². The smallest absolute Gasteiger partial charge is 0.265 e. The summed E-state index contributed by atoms with van der Waals surface area (Å²) >= 11 is 1.45. The molecule has 0 spiro atoms. The molecule has 0 unspecified atom stereocenters. The van der Waals surface area contributed by atoms with Crippen molar-refractivity contribution in [2.45, 2.75) is 32.6 Å². The second kappa shape index (κ2) is 5.91. The number of hydrogen-bond donors (Lipinski definition) is 2. The average Bonchev–Trinajstić information content (AvgIpc) is 3.09. The number of rotatable bonds is 4. The fraction of sp³-hybridized carbons (Fsp3) is 0.263. The molecule has 1 saturated carbocycles. The number of anilines is 1. The van der Waals surface area contributed by atoms with Crippen molar-refractivity contribution in [3.05, 3.63) is 57.4 Å². The molecule has 2 heterocycles. The standard InChI is InChI=1S/C19H19N3OS/c1-11-5-8-14(12(2)10-11)17-18(16(21-22-17)13-6-7-13)20-19(23)15-4-3-9-24-15/h3-5,8-10,13H,6-7H2,1-2H3,(H,20,23)(H,21,22). The summed E-state index contributed by atoms with van der Waals surface area (Å²) in [6, 6.07) is 10.0. The highest BCUT2D eigenvalue weighted by Crippen LogP contribution is 2.45. The molecule has 0 saturated heterocycles. The van der Waals surface area contributed by atoms with Crippen LogP contribution in [0.3, 0.4) is 0 Å². The fourth-order valence-electron chi connectivity index (χ4n) is 3.01. The fourth-order valence-corrected chi connectivity index (χ4v) is 3.63. The molecule has 1 aliphatic rings. The summed E-state index contributed by atoms with van der Waals surface area (Å²) in [6.45, 7) is 4.16. The van der Waals surface area contributed by atoms with E-state index < -0.39 is 0 Å².